The fourth-order valence-corrected chi connectivity index (χ4v) is 9.46. The van der Waals surface area contributed by atoms with Crippen molar-refractivity contribution in [3.63, 3.8) is 0 Å². The number of hydrogen-bond donors (Lipinski definition) is 4. The Morgan fingerprint density at radius 3 is 2.13 bits per heavy atom. The van der Waals surface area contributed by atoms with Crippen molar-refractivity contribution in [3.05, 3.63) is 70.5 Å². The zero-order chi connectivity index (χ0) is 42.5. The summed E-state index contributed by atoms with van der Waals surface area (Å²) in [7, 11) is 0. The van der Waals surface area contributed by atoms with Crippen LogP contribution < -0.4 is 15.5 Å². The van der Waals surface area contributed by atoms with E-state index in [-0.39, 0.29) is 52.6 Å². The standard InChI is InChI=1S/C44H55N11O6/c1-28(2)33-18-34(36(57)19-35(33)56)39(59)54-24-30-4-3-29(17-31(30)25-54)23-51-9-5-43(6-10-51)26-55(27-43)37(58)20-44(60)7-11-52(12-8-44)41-48-38(32-21-46-40(45)47-22-32)49-42(50-41)53-13-15-61-16-14-53/h3-4,17-19,21-22,28,56-57,60H,5-16,20,23-27H2,1-2H3,(H2,45,46,47). The van der Waals surface area contributed by atoms with Crippen molar-refractivity contribution < 1.29 is 29.6 Å². The van der Waals surface area contributed by atoms with Gasteiger partial charge in [0.05, 0.1) is 36.4 Å². The number of phenolic OH excluding ortho intramolecular Hbond substituents is 2. The molecule has 2 amide bonds. The lowest BCUT2D eigenvalue weighted by Crippen LogP contribution is -2.62. The van der Waals surface area contributed by atoms with E-state index in [1.54, 1.807) is 23.4 Å². The summed E-state index contributed by atoms with van der Waals surface area (Å²) >= 11 is 0. The van der Waals surface area contributed by atoms with Gasteiger partial charge in [0.1, 0.15) is 11.5 Å². The maximum absolute atomic E-state index is 13.6. The molecule has 2 aromatic carbocycles. The van der Waals surface area contributed by atoms with Gasteiger partial charge in [-0.1, -0.05) is 32.0 Å². The molecule has 1 spiro atoms. The van der Waals surface area contributed by atoms with E-state index >= 15 is 0 Å². The summed E-state index contributed by atoms with van der Waals surface area (Å²) in [6, 6.07) is 9.32. The van der Waals surface area contributed by atoms with Gasteiger partial charge in [0.25, 0.3) is 5.91 Å². The predicted molar refractivity (Wildman–Crippen MR) is 227 cm³/mol. The number of aromatic hydroxyl groups is 2. The van der Waals surface area contributed by atoms with Gasteiger partial charge >= 0.3 is 0 Å². The second-order valence-electron chi connectivity index (χ2n) is 17.9. The zero-order valence-corrected chi connectivity index (χ0v) is 35.0. The Morgan fingerprint density at radius 1 is 0.803 bits per heavy atom. The molecule has 7 heterocycles. The van der Waals surface area contributed by atoms with E-state index in [4.69, 9.17) is 25.4 Å². The van der Waals surface area contributed by atoms with Crippen LogP contribution in [0.2, 0.25) is 0 Å². The molecule has 4 fully saturated rings. The van der Waals surface area contributed by atoms with Crippen LogP contribution >= 0.6 is 0 Å². The number of nitrogens with zero attached hydrogens (tertiary/aromatic N) is 10. The molecule has 9 rings (SSSR count). The van der Waals surface area contributed by atoms with Gasteiger partial charge in [0.15, 0.2) is 5.82 Å². The molecule has 0 radical (unpaired) electrons. The highest BCUT2D eigenvalue weighted by atomic mass is 16.5. The normalized spacial score (nSPS) is 19.9. The van der Waals surface area contributed by atoms with E-state index < -0.39 is 5.60 Å². The molecule has 61 heavy (non-hydrogen) atoms. The number of carbonyl (C=O) groups excluding carboxylic acids is 2. The van der Waals surface area contributed by atoms with Gasteiger partial charge in [0, 0.05) is 82.8 Å². The fraction of sp³-hybridized carbons (Fsp3) is 0.523. The number of aromatic nitrogens is 5. The van der Waals surface area contributed by atoms with Crippen LogP contribution in [0.15, 0.2) is 42.7 Å². The Kier molecular flexibility index (Phi) is 10.9. The van der Waals surface area contributed by atoms with Crippen molar-refractivity contribution in [1.29, 1.82) is 0 Å². The molecule has 0 unspecified atom stereocenters. The zero-order valence-electron chi connectivity index (χ0n) is 35.0. The van der Waals surface area contributed by atoms with Crippen LogP contribution in [-0.4, -0.2) is 138 Å². The highest BCUT2D eigenvalue weighted by Gasteiger charge is 2.48. The lowest BCUT2D eigenvalue weighted by molar-refractivity contribution is -0.152. The van der Waals surface area contributed by atoms with Gasteiger partial charge in [-0.25, -0.2) is 9.97 Å². The summed E-state index contributed by atoms with van der Waals surface area (Å²) in [5.41, 5.74) is 9.64. The number of nitrogens with two attached hydrogens (primary N) is 1. The molecule has 4 aromatic rings. The molecule has 4 saturated heterocycles. The number of piperidine rings is 2. The first-order valence-corrected chi connectivity index (χ1v) is 21.4. The Balaban J connectivity index is 0.749. The number of ether oxygens (including phenoxy) is 1. The summed E-state index contributed by atoms with van der Waals surface area (Å²) in [5.74, 6) is 1.23. The Bertz CT molecular complexity index is 2280. The third-order valence-electron chi connectivity index (χ3n) is 13.3. The number of rotatable bonds is 9. The maximum Gasteiger partial charge on any atom is 0.258 e. The molecule has 5 aliphatic rings. The molecule has 0 bridgehead atoms. The number of likely N-dealkylation sites (tertiary alicyclic amines) is 2. The number of nitrogen functional groups attached to an aromatic ring is 1. The second kappa shape index (κ2) is 16.3. The van der Waals surface area contributed by atoms with Gasteiger partial charge in [-0.3, -0.25) is 14.5 Å². The van der Waals surface area contributed by atoms with Crippen LogP contribution in [0.25, 0.3) is 11.4 Å². The maximum atomic E-state index is 13.6. The number of hydrogen-bond acceptors (Lipinski definition) is 15. The van der Waals surface area contributed by atoms with Crippen molar-refractivity contribution in [2.45, 2.75) is 77.1 Å². The summed E-state index contributed by atoms with van der Waals surface area (Å²) in [6.45, 7) is 12.5. The monoisotopic (exact) mass is 833 g/mol. The highest BCUT2D eigenvalue weighted by molar-refractivity contribution is 5.97. The van der Waals surface area contributed by atoms with E-state index in [9.17, 15) is 24.9 Å². The smallest absolute Gasteiger partial charge is 0.258 e. The van der Waals surface area contributed by atoms with Gasteiger partial charge in [-0.15, -0.1) is 0 Å². The fourth-order valence-electron chi connectivity index (χ4n) is 9.46. The molecule has 0 aliphatic carbocycles. The Morgan fingerprint density at radius 2 is 1.46 bits per heavy atom. The van der Waals surface area contributed by atoms with E-state index in [2.05, 4.69) is 38.0 Å². The first kappa shape index (κ1) is 40.7. The number of fused-ring (bicyclic) bond motifs is 1. The molecule has 17 heteroatoms. The van der Waals surface area contributed by atoms with Crippen LogP contribution in [0.5, 0.6) is 11.5 Å². The van der Waals surface area contributed by atoms with E-state index in [0.29, 0.717) is 94.2 Å². The largest absolute Gasteiger partial charge is 0.508 e. The topological polar surface area (TPSA) is 211 Å². The van der Waals surface area contributed by atoms with E-state index in [1.165, 1.54) is 11.6 Å². The van der Waals surface area contributed by atoms with Crippen molar-refractivity contribution in [3.8, 4) is 22.9 Å². The lowest BCUT2D eigenvalue weighted by atomic mass is 9.71. The summed E-state index contributed by atoms with van der Waals surface area (Å²) in [6.07, 6.45) is 6.17. The first-order valence-electron chi connectivity index (χ1n) is 21.4. The highest BCUT2D eigenvalue weighted by Crippen LogP contribution is 2.42. The number of aliphatic hydroxyl groups is 1. The summed E-state index contributed by atoms with van der Waals surface area (Å²) in [5, 5.41) is 32.4. The van der Waals surface area contributed by atoms with E-state index in [1.807, 2.05) is 23.6 Å². The molecular weight excluding hydrogens is 779 g/mol. The SMILES string of the molecule is CC(C)c1cc(C(=O)N2Cc3ccc(CN4CCC5(CC4)CN(C(=O)CC4(O)CCN(c6nc(-c7cnc(N)nc7)nc(N7CCOCC7)n6)CC4)C5)cc3C2)c(O)cc1O. The number of carbonyl (C=O) groups is 2. The minimum atomic E-state index is -1.10. The number of morpholine rings is 1. The average molecular weight is 834 g/mol. The van der Waals surface area contributed by atoms with Crippen LogP contribution in [-0.2, 0) is 29.2 Å². The molecule has 322 valence electrons. The third-order valence-corrected chi connectivity index (χ3v) is 13.3. The lowest BCUT2D eigenvalue weighted by Gasteiger charge is -2.54. The molecule has 0 atom stereocenters. The third kappa shape index (κ3) is 8.50. The van der Waals surface area contributed by atoms with Gasteiger partial charge < -0.3 is 45.4 Å². The Labute approximate surface area is 355 Å². The number of benzene rings is 2. The van der Waals surface area contributed by atoms with Gasteiger partial charge in [-0.2, -0.15) is 15.0 Å². The van der Waals surface area contributed by atoms with Crippen LogP contribution in [0.3, 0.4) is 0 Å². The van der Waals surface area contributed by atoms with Crippen LogP contribution in [0.4, 0.5) is 17.8 Å². The van der Waals surface area contributed by atoms with Gasteiger partial charge in [0.2, 0.25) is 23.8 Å². The van der Waals surface area contributed by atoms with Crippen LogP contribution in [0, 0.1) is 5.41 Å². The first-order chi connectivity index (χ1) is 29.3. The van der Waals surface area contributed by atoms with Gasteiger partial charge in [-0.05, 0) is 73.0 Å². The predicted octanol–water partition coefficient (Wildman–Crippen LogP) is 3.28. The van der Waals surface area contributed by atoms with Crippen molar-refractivity contribution in [2.24, 2.45) is 5.41 Å². The summed E-state index contributed by atoms with van der Waals surface area (Å²) in [4.78, 5) is 59.9. The molecule has 5 aliphatic heterocycles. The second-order valence-corrected chi connectivity index (χ2v) is 17.9. The number of amides is 2. The molecule has 0 saturated carbocycles. The molecular formula is C44H55N11O6. The minimum absolute atomic E-state index is 0.00643. The molecule has 5 N–H and O–H groups in total. The van der Waals surface area contributed by atoms with E-state index in [0.717, 1.165) is 56.7 Å². The molecule has 17 nitrogen and oxygen atoms in total. The summed E-state index contributed by atoms with van der Waals surface area (Å²) < 4.78 is 5.54. The molecule has 2 aromatic heterocycles. The quantitative estimate of drug-likeness (QED) is 0.191. The van der Waals surface area contributed by atoms with Crippen molar-refractivity contribution in [2.75, 3.05) is 81.1 Å². The number of phenols is 2. The van der Waals surface area contributed by atoms with Crippen molar-refractivity contribution in [1.82, 2.24) is 39.6 Å². The Hall–Kier alpha value is -5.65. The number of anilines is 3. The van der Waals surface area contributed by atoms with Crippen molar-refractivity contribution >= 4 is 29.7 Å². The minimum Gasteiger partial charge on any atom is -0.508 e. The average Bonchev–Trinajstić information content (AvgIpc) is 3.67. The van der Waals surface area contributed by atoms with Crippen LogP contribution in [0.1, 0.15) is 84.5 Å².